The van der Waals surface area contributed by atoms with E-state index in [1.54, 1.807) is 12.2 Å². The van der Waals surface area contributed by atoms with Gasteiger partial charge in [0.15, 0.2) is 0 Å². The molecule has 1 radical (unpaired) electrons. The maximum Gasteiger partial charge on any atom is 0.244 e. The van der Waals surface area contributed by atoms with E-state index in [1.807, 2.05) is 6.42 Å². The van der Waals surface area contributed by atoms with Crippen molar-refractivity contribution in [1.29, 1.82) is 0 Å². The van der Waals surface area contributed by atoms with Gasteiger partial charge >= 0.3 is 0 Å². The molecule has 1 rings (SSSR count). The molecule has 1 aliphatic carbocycles. The van der Waals surface area contributed by atoms with E-state index < -0.39 is 12.3 Å². The zero-order valence-electron chi connectivity index (χ0n) is 5.06. The summed E-state index contributed by atoms with van der Waals surface area (Å²) >= 11 is 0. The fourth-order valence-electron chi connectivity index (χ4n) is 0.912. The Morgan fingerprint density at radius 2 is 2.22 bits per heavy atom. The molecule has 0 saturated carbocycles. The molecule has 1 unspecified atom stereocenters. The molecule has 1 aliphatic rings. The van der Waals surface area contributed by atoms with Crippen LogP contribution >= 0.6 is 0 Å². The molecule has 2 heteroatoms. The van der Waals surface area contributed by atoms with E-state index in [0.717, 1.165) is 6.42 Å². The highest BCUT2D eigenvalue weighted by molar-refractivity contribution is 5.03. The molecular formula is C7H9F2. The van der Waals surface area contributed by atoms with Crippen LogP contribution in [0.25, 0.3) is 0 Å². The molecule has 0 saturated heterocycles. The Hall–Kier alpha value is -0.400. The first kappa shape index (κ1) is 6.72. The average molecular weight is 131 g/mol. The zero-order chi connectivity index (χ0) is 6.69. The minimum absolute atomic E-state index is 0.491. The quantitative estimate of drug-likeness (QED) is 0.512. The highest BCUT2D eigenvalue weighted by Crippen LogP contribution is 2.22. The predicted molar refractivity (Wildman–Crippen MR) is 32.2 cm³/mol. The first-order valence-corrected chi connectivity index (χ1v) is 3.09. The van der Waals surface area contributed by atoms with Crippen LogP contribution in [0.3, 0.4) is 0 Å². The van der Waals surface area contributed by atoms with Crippen LogP contribution in [0.2, 0.25) is 0 Å². The topological polar surface area (TPSA) is 0 Å². The maximum atomic E-state index is 11.9. The minimum atomic E-state index is -2.17. The number of halogens is 2. The van der Waals surface area contributed by atoms with Crippen molar-refractivity contribution < 1.29 is 8.78 Å². The van der Waals surface area contributed by atoms with Gasteiger partial charge in [-0.1, -0.05) is 12.2 Å². The largest absolute Gasteiger partial charge is 0.244 e. The summed E-state index contributed by atoms with van der Waals surface area (Å²) < 4.78 is 23.7. The van der Waals surface area contributed by atoms with Gasteiger partial charge in [0.1, 0.15) is 0 Å². The lowest BCUT2D eigenvalue weighted by atomic mass is 9.97. The molecule has 0 spiro atoms. The van der Waals surface area contributed by atoms with E-state index in [4.69, 9.17) is 0 Å². The molecule has 9 heavy (non-hydrogen) atoms. The van der Waals surface area contributed by atoms with Crippen molar-refractivity contribution in [3.63, 3.8) is 0 Å². The molecule has 0 aromatic carbocycles. The van der Waals surface area contributed by atoms with Gasteiger partial charge in [-0.2, -0.15) is 0 Å². The van der Waals surface area contributed by atoms with Crippen molar-refractivity contribution >= 4 is 0 Å². The lowest BCUT2D eigenvalue weighted by Crippen LogP contribution is -2.10. The summed E-state index contributed by atoms with van der Waals surface area (Å²) in [6, 6.07) is 0. The first-order valence-electron chi connectivity index (χ1n) is 3.09. The minimum Gasteiger partial charge on any atom is -0.210 e. The summed E-state index contributed by atoms with van der Waals surface area (Å²) in [6.45, 7) is 0. The Kier molecular flexibility index (Phi) is 2.20. The van der Waals surface area contributed by atoms with Crippen LogP contribution in [0.1, 0.15) is 12.8 Å². The van der Waals surface area contributed by atoms with Gasteiger partial charge in [-0.05, 0) is 19.3 Å². The highest BCUT2D eigenvalue weighted by atomic mass is 19.3. The molecule has 0 aromatic heterocycles. The molecule has 0 N–H and O–H groups in total. The monoisotopic (exact) mass is 131 g/mol. The molecule has 0 aliphatic heterocycles. The van der Waals surface area contributed by atoms with Crippen LogP contribution in [-0.4, -0.2) is 6.43 Å². The molecule has 0 nitrogen and oxygen atoms in total. The van der Waals surface area contributed by atoms with Crippen molar-refractivity contribution in [2.45, 2.75) is 19.3 Å². The van der Waals surface area contributed by atoms with Gasteiger partial charge in [0, 0.05) is 5.92 Å². The first-order chi connectivity index (χ1) is 4.30. The summed E-state index contributed by atoms with van der Waals surface area (Å²) in [6.07, 6.45) is 4.45. The second-order valence-corrected chi connectivity index (χ2v) is 2.20. The number of allylic oxidation sites excluding steroid dienone is 2. The molecule has 0 bridgehead atoms. The van der Waals surface area contributed by atoms with Crippen molar-refractivity contribution in [2.24, 2.45) is 5.92 Å². The lowest BCUT2D eigenvalue weighted by molar-refractivity contribution is 0.0946. The van der Waals surface area contributed by atoms with Gasteiger partial charge in [0.05, 0.1) is 0 Å². The van der Waals surface area contributed by atoms with Crippen molar-refractivity contribution in [1.82, 2.24) is 0 Å². The Labute approximate surface area is 53.6 Å². The van der Waals surface area contributed by atoms with Crippen LogP contribution in [0.5, 0.6) is 0 Å². The summed E-state index contributed by atoms with van der Waals surface area (Å²) in [7, 11) is 0. The van der Waals surface area contributed by atoms with E-state index in [9.17, 15) is 8.78 Å². The van der Waals surface area contributed by atoms with Gasteiger partial charge in [0.25, 0.3) is 0 Å². The Morgan fingerprint density at radius 3 is 2.56 bits per heavy atom. The molecular weight excluding hydrogens is 122 g/mol. The third-order valence-corrected chi connectivity index (χ3v) is 1.48. The zero-order valence-corrected chi connectivity index (χ0v) is 5.06. The SMILES string of the molecule is FC(F)C1C=C[CH]CC1. The molecule has 0 amide bonds. The van der Waals surface area contributed by atoms with E-state index in [1.165, 1.54) is 0 Å². The van der Waals surface area contributed by atoms with Crippen LogP contribution in [0, 0.1) is 12.3 Å². The Morgan fingerprint density at radius 1 is 1.44 bits per heavy atom. The van der Waals surface area contributed by atoms with Crippen LogP contribution < -0.4 is 0 Å². The fourth-order valence-corrected chi connectivity index (χ4v) is 0.912. The van der Waals surface area contributed by atoms with Crippen molar-refractivity contribution in [3.05, 3.63) is 18.6 Å². The third-order valence-electron chi connectivity index (χ3n) is 1.48. The van der Waals surface area contributed by atoms with Gasteiger partial charge in [-0.3, -0.25) is 0 Å². The molecule has 0 heterocycles. The van der Waals surface area contributed by atoms with Gasteiger partial charge in [0.2, 0.25) is 6.43 Å². The van der Waals surface area contributed by atoms with Crippen molar-refractivity contribution in [3.8, 4) is 0 Å². The van der Waals surface area contributed by atoms with Gasteiger partial charge in [-0.25, -0.2) is 8.78 Å². The van der Waals surface area contributed by atoms with Crippen LogP contribution in [-0.2, 0) is 0 Å². The number of rotatable bonds is 1. The van der Waals surface area contributed by atoms with Crippen molar-refractivity contribution in [2.75, 3.05) is 0 Å². The standard InChI is InChI=1S/C7H9F2/c8-7(9)6-4-2-1-3-5-6/h1-2,4,6-7H,3,5H2. The van der Waals surface area contributed by atoms with Crippen LogP contribution in [0.4, 0.5) is 8.78 Å². The lowest BCUT2D eigenvalue weighted by Gasteiger charge is -2.13. The van der Waals surface area contributed by atoms with Gasteiger partial charge < -0.3 is 0 Å². The summed E-state index contributed by atoms with van der Waals surface area (Å²) in [4.78, 5) is 0. The third kappa shape index (κ3) is 1.77. The van der Waals surface area contributed by atoms with E-state index in [-0.39, 0.29) is 0 Å². The summed E-state index contributed by atoms with van der Waals surface area (Å²) in [5.74, 6) is -0.491. The highest BCUT2D eigenvalue weighted by Gasteiger charge is 2.17. The smallest absolute Gasteiger partial charge is 0.210 e. The average Bonchev–Trinajstić information content (AvgIpc) is 1.90. The maximum absolute atomic E-state index is 11.9. The number of hydrogen-bond donors (Lipinski definition) is 0. The number of alkyl halides is 2. The molecule has 0 fully saturated rings. The predicted octanol–water partition coefficient (Wildman–Crippen LogP) is 2.42. The summed E-state index contributed by atoms with van der Waals surface area (Å²) in [5, 5.41) is 0. The van der Waals surface area contributed by atoms with E-state index >= 15 is 0 Å². The Balaban J connectivity index is 2.40. The molecule has 0 aromatic rings. The summed E-state index contributed by atoms with van der Waals surface area (Å²) in [5.41, 5.74) is 0. The molecule has 51 valence electrons. The Bertz CT molecular complexity index is 107. The second kappa shape index (κ2) is 2.95. The molecule has 1 atom stereocenters. The van der Waals surface area contributed by atoms with E-state index in [0.29, 0.717) is 6.42 Å². The van der Waals surface area contributed by atoms with Gasteiger partial charge in [-0.15, -0.1) is 0 Å². The second-order valence-electron chi connectivity index (χ2n) is 2.20. The fraction of sp³-hybridized carbons (Fsp3) is 0.571. The number of hydrogen-bond acceptors (Lipinski definition) is 0. The normalized spacial score (nSPS) is 27.2. The van der Waals surface area contributed by atoms with Crippen LogP contribution in [0.15, 0.2) is 12.2 Å². The van der Waals surface area contributed by atoms with E-state index in [2.05, 4.69) is 0 Å².